The van der Waals surface area contributed by atoms with Gasteiger partial charge in [0.05, 0.1) is 24.8 Å². The molecule has 0 radical (unpaired) electrons. The third-order valence-electron chi connectivity index (χ3n) is 10.6. The Morgan fingerprint density at radius 2 is 1.67 bits per heavy atom. The molecule has 1 aliphatic carbocycles. The Morgan fingerprint density at radius 3 is 2.31 bits per heavy atom. The third kappa shape index (κ3) is 6.10. The monoisotopic (exact) mass is 692 g/mol. The number of likely N-dealkylation sites (N-methyl/N-ethyl adjacent to an activating group) is 1. The minimum absolute atomic E-state index is 0.0463. The summed E-state index contributed by atoms with van der Waals surface area (Å²) in [5.41, 5.74) is 4.09. The van der Waals surface area contributed by atoms with E-state index >= 15 is 0 Å². The van der Waals surface area contributed by atoms with Gasteiger partial charge in [0.1, 0.15) is 5.75 Å². The number of hydrogen-bond acceptors (Lipinski definition) is 7. The van der Waals surface area contributed by atoms with Crippen LogP contribution in [0.15, 0.2) is 36.4 Å². The minimum atomic E-state index is -4.02. The van der Waals surface area contributed by atoms with Crippen LogP contribution in [0.3, 0.4) is 0 Å². The van der Waals surface area contributed by atoms with Gasteiger partial charge in [-0.25, -0.2) is 4.72 Å². The van der Waals surface area contributed by atoms with E-state index in [0.717, 1.165) is 57.7 Å². The fourth-order valence-corrected chi connectivity index (χ4v) is 8.79. The number of rotatable bonds is 8. The van der Waals surface area contributed by atoms with Crippen LogP contribution in [-0.2, 0) is 26.3 Å². The van der Waals surface area contributed by atoms with E-state index in [1.807, 2.05) is 42.1 Å². The Balaban J connectivity index is 1.64. The van der Waals surface area contributed by atoms with E-state index in [0.29, 0.717) is 12.3 Å². The normalized spacial score (nSPS) is 20.9. The van der Waals surface area contributed by atoms with Crippen molar-refractivity contribution >= 4 is 38.8 Å². The van der Waals surface area contributed by atoms with Gasteiger partial charge in [0.15, 0.2) is 0 Å². The molecule has 0 spiro atoms. The maximum absolute atomic E-state index is 14.7. The molecular formula is C36H48N6O6S. The van der Waals surface area contributed by atoms with Gasteiger partial charge in [-0.3, -0.25) is 14.4 Å². The van der Waals surface area contributed by atoms with Crippen LogP contribution in [0.4, 0.5) is 0 Å². The Bertz CT molecular complexity index is 1910. The number of nitrogens with one attached hydrogen (secondary N) is 1. The Morgan fingerprint density at radius 1 is 0.959 bits per heavy atom. The molecule has 6 rings (SSSR count). The van der Waals surface area contributed by atoms with Crippen LogP contribution in [0.1, 0.15) is 65.4 Å². The summed E-state index contributed by atoms with van der Waals surface area (Å²) >= 11 is 0. The maximum atomic E-state index is 14.7. The number of methoxy groups -OCH3 is 1. The molecule has 264 valence electrons. The van der Waals surface area contributed by atoms with Gasteiger partial charge < -0.3 is 24.0 Å². The molecule has 2 atom stereocenters. The third-order valence-corrected chi connectivity index (χ3v) is 12.0. The van der Waals surface area contributed by atoms with Crippen molar-refractivity contribution in [2.75, 3.05) is 69.0 Å². The topological polar surface area (TPSA) is 124 Å². The molecule has 3 aliphatic rings. The van der Waals surface area contributed by atoms with Crippen molar-refractivity contribution in [1.29, 1.82) is 0 Å². The number of carbonyl (C=O) groups excluding carboxylic acids is 3. The lowest BCUT2D eigenvalue weighted by Crippen LogP contribution is -2.48. The average molecular weight is 693 g/mol. The molecule has 3 aromatic rings. The molecule has 3 amide bonds. The summed E-state index contributed by atoms with van der Waals surface area (Å²) in [5, 5.41) is 0.986. The fourth-order valence-electron chi connectivity index (χ4n) is 8.25. The van der Waals surface area contributed by atoms with Gasteiger partial charge in [-0.2, -0.15) is 12.7 Å². The SMILES string of the molecule is COc1ccc2c(c1)[C@H]1CN(C(=O)CN(C)C)C[C@]1(C(=O)N(C)C)Cn1c-2c(C2CCCCC2)c2ccc(C(=O)NS(=O)(=O)N(C)C)cc21. The molecule has 49 heavy (non-hydrogen) atoms. The molecule has 1 N–H and O–H groups in total. The van der Waals surface area contributed by atoms with E-state index in [9.17, 15) is 22.8 Å². The highest BCUT2D eigenvalue weighted by Crippen LogP contribution is 2.55. The molecule has 1 saturated carbocycles. The van der Waals surface area contributed by atoms with Crippen LogP contribution in [0.25, 0.3) is 22.2 Å². The highest BCUT2D eigenvalue weighted by atomic mass is 32.2. The maximum Gasteiger partial charge on any atom is 0.303 e. The molecule has 2 aromatic carbocycles. The lowest BCUT2D eigenvalue weighted by Gasteiger charge is -2.35. The van der Waals surface area contributed by atoms with Crippen molar-refractivity contribution in [3.8, 4) is 17.0 Å². The molecular weight excluding hydrogens is 644 g/mol. The number of carbonyl (C=O) groups is 3. The lowest BCUT2D eigenvalue weighted by molar-refractivity contribution is -0.141. The number of benzene rings is 2. The molecule has 1 saturated heterocycles. The highest BCUT2D eigenvalue weighted by molar-refractivity contribution is 7.87. The predicted molar refractivity (Wildman–Crippen MR) is 189 cm³/mol. The van der Waals surface area contributed by atoms with Crippen LogP contribution in [0.5, 0.6) is 5.75 Å². The number of ether oxygens (including phenoxy) is 1. The van der Waals surface area contributed by atoms with E-state index in [-0.39, 0.29) is 48.8 Å². The van der Waals surface area contributed by atoms with Crippen molar-refractivity contribution in [2.45, 2.75) is 50.5 Å². The summed E-state index contributed by atoms with van der Waals surface area (Å²) in [6.07, 6.45) is 5.47. The van der Waals surface area contributed by atoms with Crippen molar-refractivity contribution < 1.29 is 27.5 Å². The first-order chi connectivity index (χ1) is 23.2. The van der Waals surface area contributed by atoms with E-state index in [1.54, 1.807) is 38.2 Å². The van der Waals surface area contributed by atoms with Crippen molar-refractivity contribution in [1.82, 2.24) is 28.3 Å². The van der Waals surface area contributed by atoms with Crippen LogP contribution in [0.2, 0.25) is 0 Å². The number of nitrogens with zero attached hydrogens (tertiary/aromatic N) is 5. The van der Waals surface area contributed by atoms with Gasteiger partial charge in [0.25, 0.3) is 5.91 Å². The molecule has 0 unspecified atom stereocenters. The first-order valence-electron chi connectivity index (χ1n) is 16.9. The van der Waals surface area contributed by atoms with Crippen molar-refractivity contribution in [3.63, 3.8) is 0 Å². The molecule has 1 aromatic heterocycles. The summed E-state index contributed by atoms with van der Waals surface area (Å²) in [4.78, 5) is 47.0. The molecule has 13 heteroatoms. The summed E-state index contributed by atoms with van der Waals surface area (Å²) in [6.45, 7) is 1.11. The average Bonchev–Trinajstić information content (AvgIpc) is 3.57. The van der Waals surface area contributed by atoms with Gasteiger partial charge in [-0.1, -0.05) is 25.3 Å². The van der Waals surface area contributed by atoms with Gasteiger partial charge in [0, 0.05) is 75.8 Å². The summed E-state index contributed by atoms with van der Waals surface area (Å²) in [6, 6.07) is 11.4. The Kier molecular flexibility index (Phi) is 9.31. The molecule has 3 heterocycles. The smallest absolute Gasteiger partial charge is 0.303 e. The summed E-state index contributed by atoms with van der Waals surface area (Å²) in [5.74, 6) is -0.242. The first kappa shape index (κ1) is 34.9. The second-order valence-corrected chi connectivity index (χ2v) is 16.4. The van der Waals surface area contributed by atoms with E-state index in [4.69, 9.17) is 4.74 Å². The first-order valence-corrected chi connectivity index (χ1v) is 18.4. The molecule has 12 nitrogen and oxygen atoms in total. The van der Waals surface area contributed by atoms with Crippen LogP contribution in [0, 0.1) is 5.41 Å². The quantitative estimate of drug-likeness (QED) is 0.384. The van der Waals surface area contributed by atoms with Gasteiger partial charge in [-0.05, 0) is 74.3 Å². The van der Waals surface area contributed by atoms with E-state index in [2.05, 4.69) is 15.4 Å². The second kappa shape index (κ2) is 13.1. The van der Waals surface area contributed by atoms with E-state index in [1.165, 1.54) is 26.1 Å². The lowest BCUT2D eigenvalue weighted by atomic mass is 9.72. The van der Waals surface area contributed by atoms with Crippen molar-refractivity contribution in [2.24, 2.45) is 5.41 Å². The van der Waals surface area contributed by atoms with E-state index < -0.39 is 21.5 Å². The number of aromatic nitrogens is 1. The number of likely N-dealkylation sites (tertiary alicyclic amines) is 1. The fraction of sp³-hybridized carbons (Fsp3) is 0.528. The zero-order chi connectivity index (χ0) is 35.4. The van der Waals surface area contributed by atoms with Crippen LogP contribution < -0.4 is 9.46 Å². The number of hydrogen-bond donors (Lipinski definition) is 1. The predicted octanol–water partition coefficient (Wildman–Crippen LogP) is 3.48. The second-order valence-electron chi connectivity index (χ2n) is 14.5. The van der Waals surface area contributed by atoms with Gasteiger partial charge in [0.2, 0.25) is 11.8 Å². The van der Waals surface area contributed by atoms with Gasteiger partial charge >= 0.3 is 10.2 Å². The Hall–Kier alpha value is -3.94. The zero-order valence-corrected chi connectivity index (χ0v) is 30.4. The standard InChI is InChI=1S/C36H48N6O6S/c1-38(2)20-31(43)41-19-29-28-18-25(48-7)14-16-26(28)33-32(23-11-9-8-10-12-23)27-15-13-24(34(44)37-49(46,47)40(5)6)17-30(27)42(33)22-36(29,21-41)35(45)39(3)4/h13-18,23,29H,8-12,19-22H2,1-7H3,(H,37,44)/t29-,36+/m1/s1. The molecule has 2 fully saturated rings. The van der Waals surface area contributed by atoms with Crippen LogP contribution >= 0.6 is 0 Å². The molecule has 2 aliphatic heterocycles. The van der Waals surface area contributed by atoms with Crippen LogP contribution in [-0.4, -0.2) is 119 Å². The number of amides is 3. The highest BCUT2D eigenvalue weighted by Gasteiger charge is 2.57. The van der Waals surface area contributed by atoms with Gasteiger partial charge in [-0.15, -0.1) is 0 Å². The summed E-state index contributed by atoms with van der Waals surface area (Å²) in [7, 11) is 7.56. The Labute approximate surface area is 289 Å². The minimum Gasteiger partial charge on any atom is -0.497 e. The largest absolute Gasteiger partial charge is 0.497 e. The summed E-state index contributed by atoms with van der Waals surface area (Å²) < 4.78 is 36.3. The zero-order valence-electron chi connectivity index (χ0n) is 29.6. The molecule has 0 bridgehead atoms. The van der Waals surface area contributed by atoms with Crippen molar-refractivity contribution in [3.05, 3.63) is 53.1 Å². The number of fused-ring (bicyclic) bond motifs is 7.